The van der Waals surface area contributed by atoms with Crippen molar-refractivity contribution in [2.45, 2.75) is 12.8 Å². The van der Waals surface area contributed by atoms with E-state index in [2.05, 4.69) is 106 Å². The van der Waals surface area contributed by atoms with Gasteiger partial charge < -0.3 is 13.6 Å². The van der Waals surface area contributed by atoms with Gasteiger partial charge in [0.1, 0.15) is 17.2 Å². The first-order valence-corrected chi connectivity index (χ1v) is 16.4. The van der Waals surface area contributed by atoms with Gasteiger partial charge in [0.2, 0.25) is 0 Å². The number of rotatable bonds is 3. The molecule has 49 heavy (non-hydrogen) atoms. The van der Waals surface area contributed by atoms with Crippen LogP contribution in [-0.2, 0) is 6.42 Å². The minimum atomic E-state index is 0.500. The van der Waals surface area contributed by atoms with E-state index in [9.17, 15) is 10.5 Å². The Kier molecular flexibility index (Phi) is 5.76. The molecular formula is C44H26N4O. The Hall–Kier alpha value is -6.82. The monoisotopic (exact) mass is 626 g/mol. The fourth-order valence-corrected chi connectivity index (χ4v) is 7.96. The van der Waals surface area contributed by atoms with Crippen LogP contribution in [-0.4, -0.2) is 9.13 Å². The van der Waals surface area contributed by atoms with Crippen LogP contribution in [0.1, 0.15) is 28.8 Å². The summed E-state index contributed by atoms with van der Waals surface area (Å²) in [6.45, 7) is 0. The molecule has 0 fully saturated rings. The zero-order valence-electron chi connectivity index (χ0n) is 26.3. The lowest BCUT2D eigenvalue weighted by atomic mass is 9.96. The summed E-state index contributed by atoms with van der Waals surface area (Å²) in [6, 6.07) is 45.9. The third-order valence-electron chi connectivity index (χ3n) is 10.1. The molecule has 0 saturated heterocycles. The van der Waals surface area contributed by atoms with Crippen LogP contribution in [0.25, 0.3) is 83.2 Å². The van der Waals surface area contributed by atoms with Gasteiger partial charge in [-0.05, 0) is 84.6 Å². The van der Waals surface area contributed by atoms with Gasteiger partial charge in [0, 0.05) is 43.9 Å². The van der Waals surface area contributed by atoms with Gasteiger partial charge in [0.15, 0.2) is 0 Å². The molecule has 0 spiro atoms. The van der Waals surface area contributed by atoms with Gasteiger partial charge in [-0.25, -0.2) is 0 Å². The Morgan fingerprint density at radius 1 is 0.633 bits per heavy atom. The van der Waals surface area contributed by atoms with Crippen LogP contribution in [0.15, 0.2) is 132 Å². The van der Waals surface area contributed by atoms with E-state index < -0.39 is 0 Å². The number of para-hydroxylation sites is 3. The number of aromatic nitrogens is 2. The van der Waals surface area contributed by atoms with E-state index >= 15 is 0 Å². The van der Waals surface area contributed by atoms with E-state index in [4.69, 9.17) is 4.42 Å². The van der Waals surface area contributed by atoms with E-state index in [0.29, 0.717) is 16.8 Å². The van der Waals surface area contributed by atoms with Gasteiger partial charge in [-0.2, -0.15) is 10.5 Å². The Balaban J connectivity index is 1.17. The highest BCUT2D eigenvalue weighted by Gasteiger charge is 2.24. The molecule has 0 aliphatic heterocycles. The lowest BCUT2D eigenvalue weighted by Gasteiger charge is -2.16. The molecule has 0 radical (unpaired) electrons. The Labute approximate surface area is 281 Å². The molecule has 3 aromatic heterocycles. The number of aryl methyl sites for hydroxylation is 1. The third kappa shape index (κ3) is 3.85. The summed E-state index contributed by atoms with van der Waals surface area (Å²) in [5, 5.41) is 26.5. The summed E-state index contributed by atoms with van der Waals surface area (Å²) in [5.41, 5.74) is 11.7. The number of fused-ring (bicyclic) bond motifs is 10. The van der Waals surface area contributed by atoms with Crippen LogP contribution < -0.4 is 0 Å². The number of benzene rings is 6. The fourth-order valence-electron chi connectivity index (χ4n) is 7.96. The lowest BCUT2D eigenvalue weighted by molar-refractivity contribution is 0.672. The maximum atomic E-state index is 10.7. The highest BCUT2D eigenvalue weighted by atomic mass is 16.3. The molecule has 228 valence electrons. The Morgan fingerprint density at radius 2 is 1.35 bits per heavy atom. The van der Waals surface area contributed by atoms with Crippen molar-refractivity contribution in [3.05, 3.63) is 150 Å². The van der Waals surface area contributed by atoms with Gasteiger partial charge in [-0.1, -0.05) is 72.8 Å². The lowest BCUT2D eigenvalue weighted by Crippen LogP contribution is -2.02. The molecule has 0 saturated carbocycles. The molecular weight excluding hydrogens is 601 g/mol. The first-order valence-electron chi connectivity index (χ1n) is 16.4. The molecule has 6 aromatic carbocycles. The van der Waals surface area contributed by atoms with E-state index in [1.807, 2.05) is 48.5 Å². The van der Waals surface area contributed by atoms with Crippen LogP contribution in [0.3, 0.4) is 0 Å². The zero-order chi connectivity index (χ0) is 32.6. The highest BCUT2D eigenvalue weighted by Crippen LogP contribution is 2.42. The molecule has 9 aromatic rings. The van der Waals surface area contributed by atoms with Crippen molar-refractivity contribution < 1.29 is 4.42 Å². The first kappa shape index (κ1) is 27.3. The molecule has 0 N–H and O–H groups in total. The fraction of sp³-hybridized carbons (Fsp3) is 0.0455. The molecule has 0 amide bonds. The van der Waals surface area contributed by atoms with Crippen molar-refractivity contribution in [1.82, 2.24) is 9.13 Å². The van der Waals surface area contributed by atoms with Crippen LogP contribution in [0.4, 0.5) is 0 Å². The van der Waals surface area contributed by atoms with Crippen molar-refractivity contribution >= 4 is 60.7 Å². The Bertz CT molecular complexity index is 2900. The van der Waals surface area contributed by atoms with E-state index in [1.165, 1.54) is 16.6 Å². The predicted molar refractivity (Wildman–Crippen MR) is 197 cm³/mol. The van der Waals surface area contributed by atoms with Crippen LogP contribution >= 0.6 is 0 Å². The normalized spacial score (nSPS) is 12.6. The van der Waals surface area contributed by atoms with Gasteiger partial charge >= 0.3 is 0 Å². The zero-order valence-corrected chi connectivity index (χ0v) is 26.3. The number of nitrogens with zero attached hydrogens (tertiary/aromatic N) is 4. The van der Waals surface area contributed by atoms with Gasteiger partial charge in [-0.15, -0.1) is 0 Å². The molecule has 1 aliphatic rings. The number of hydrogen-bond acceptors (Lipinski definition) is 3. The van der Waals surface area contributed by atoms with Crippen LogP contribution in [0, 0.1) is 22.7 Å². The van der Waals surface area contributed by atoms with Crippen molar-refractivity contribution in [1.29, 1.82) is 10.5 Å². The quantitative estimate of drug-likeness (QED) is 0.196. The molecule has 5 nitrogen and oxygen atoms in total. The van der Waals surface area contributed by atoms with Gasteiger partial charge in [0.25, 0.3) is 0 Å². The van der Waals surface area contributed by atoms with E-state index in [-0.39, 0.29) is 0 Å². The number of hydrogen-bond donors (Lipinski definition) is 0. The molecule has 0 unspecified atom stereocenters. The molecule has 1 aliphatic carbocycles. The van der Waals surface area contributed by atoms with Crippen LogP contribution in [0.2, 0.25) is 0 Å². The Morgan fingerprint density at radius 3 is 2.08 bits per heavy atom. The maximum absolute atomic E-state index is 10.7. The molecule has 0 atom stereocenters. The second kappa shape index (κ2) is 10.3. The van der Waals surface area contributed by atoms with Gasteiger partial charge in [0.05, 0.1) is 39.4 Å². The van der Waals surface area contributed by atoms with Crippen molar-refractivity contribution in [2.24, 2.45) is 0 Å². The largest absolute Gasteiger partial charge is 0.455 e. The SMILES string of the molecule is N#Cc1cc(-c2ccc(-n3c4c(c5c6oc7ccccc7c6ccc53)CCC=C4)cc2)c(C#N)c(-n2c3ccccc3c3ccccc32)c1. The number of allylic oxidation sites excluding steroid dienone is 1. The molecule has 5 heteroatoms. The second-order valence-electron chi connectivity index (χ2n) is 12.6. The second-order valence-corrected chi connectivity index (χ2v) is 12.6. The third-order valence-corrected chi connectivity index (χ3v) is 10.1. The number of furan rings is 1. The predicted octanol–water partition coefficient (Wildman–Crippen LogP) is 11.0. The minimum Gasteiger partial charge on any atom is -0.455 e. The summed E-state index contributed by atoms with van der Waals surface area (Å²) in [5.74, 6) is 0. The highest BCUT2D eigenvalue weighted by molar-refractivity contribution is 6.16. The maximum Gasteiger partial charge on any atom is 0.145 e. The molecule has 3 heterocycles. The van der Waals surface area contributed by atoms with E-state index in [1.54, 1.807) is 0 Å². The van der Waals surface area contributed by atoms with E-state index in [0.717, 1.165) is 78.9 Å². The average Bonchev–Trinajstić information content (AvgIpc) is 3.82. The average molecular weight is 627 g/mol. The van der Waals surface area contributed by atoms with Crippen molar-refractivity contribution in [3.8, 4) is 34.6 Å². The molecule has 10 rings (SSSR count). The van der Waals surface area contributed by atoms with Gasteiger partial charge in [-0.3, -0.25) is 0 Å². The standard InChI is InChI=1S/C44H26N4O/c45-25-27-23-35(36(26-46)41(24-27)48-37-13-5-1-9-30(37)31-10-2-6-14-38(31)48)28-17-19-29(20-18-28)47-39-15-7-3-12-34(39)43-40(47)22-21-33-32-11-4-8-16-42(32)49-44(33)43/h1-2,4-11,13-24H,3,12H2. The first-order chi connectivity index (χ1) is 24.2. The van der Waals surface area contributed by atoms with Crippen molar-refractivity contribution in [3.63, 3.8) is 0 Å². The summed E-state index contributed by atoms with van der Waals surface area (Å²) >= 11 is 0. The summed E-state index contributed by atoms with van der Waals surface area (Å²) in [4.78, 5) is 0. The van der Waals surface area contributed by atoms with Crippen LogP contribution in [0.5, 0.6) is 0 Å². The summed E-state index contributed by atoms with van der Waals surface area (Å²) < 4.78 is 10.9. The molecule has 0 bridgehead atoms. The summed E-state index contributed by atoms with van der Waals surface area (Å²) in [6.07, 6.45) is 6.40. The summed E-state index contributed by atoms with van der Waals surface area (Å²) in [7, 11) is 0. The topological polar surface area (TPSA) is 70.6 Å². The number of nitriles is 2. The smallest absolute Gasteiger partial charge is 0.145 e. The minimum absolute atomic E-state index is 0.500. The van der Waals surface area contributed by atoms with Crippen molar-refractivity contribution in [2.75, 3.05) is 0 Å².